The number of benzene rings is 1. The average Bonchev–Trinajstić information content (AvgIpc) is 2.63. The monoisotopic (exact) mass is 437 g/mol. The number of hydrogen-bond acceptors (Lipinski definition) is 8. The van der Waals surface area contributed by atoms with E-state index in [0.717, 1.165) is 0 Å². The molecule has 0 aliphatic carbocycles. The molecule has 0 unspecified atom stereocenters. The summed E-state index contributed by atoms with van der Waals surface area (Å²) < 4.78 is 42.5. The number of nitrogens with zero attached hydrogens (tertiary/aromatic N) is 2. The van der Waals surface area contributed by atoms with Crippen molar-refractivity contribution in [2.75, 3.05) is 32.2 Å². The minimum absolute atomic E-state index is 0.0331. The van der Waals surface area contributed by atoms with E-state index < -0.39 is 16.1 Å². The third-order valence-corrected chi connectivity index (χ3v) is 5.44. The summed E-state index contributed by atoms with van der Waals surface area (Å²) in [7, 11) is -1.36. The van der Waals surface area contributed by atoms with Crippen molar-refractivity contribution >= 4 is 39.0 Å². The molecular formula is C15H17Cl2N3O6S. The molecule has 148 valence electrons. The van der Waals surface area contributed by atoms with Gasteiger partial charge in [0.2, 0.25) is 11.7 Å². The van der Waals surface area contributed by atoms with E-state index in [1.807, 2.05) is 0 Å². The van der Waals surface area contributed by atoms with Crippen molar-refractivity contribution in [1.29, 1.82) is 0 Å². The highest BCUT2D eigenvalue weighted by Gasteiger charge is 2.23. The maximum absolute atomic E-state index is 12.6. The molecule has 0 bridgehead atoms. The van der Waals surface area contributed by atoms with Crippen LogP contribution in [-0.4, -0.2) is 57.0 Å². The lowest BCUT2D eigenvalue weighted by atomic mass is 10.4. The fourth-order valence-electron chi connectivity index (χ4n) is 1.93. The Bertz CT molecular complexity index is 897. The SMILES string of the molecule is COC[C@H](O)COc1cnc(NS(=O)(=O)c2cccc(Cl)c2Cl)c(OC)n1. The van der Waals surface area contributed by atoms with Gasteiger partial charge in [0, 0.05) is 7.11 Å². The van der Waals surface area contributed by atoms with Crippen LogP contribution in [-0.2, 0) is 14.8 Å². The highest BCUT2D eigenvalue weighted by molar-refractivity contribution is 7.92. The predicted molar refractivity (Wildman–Crippen MR) is 99.2 cm³/mol. The molecule has 1 aromatic carbocycles. The zero-order valence-electron chi connectivity index (χ0n) is 14.3. The van der Waals surface area contributed by atoms with Crippen LogP contribution in [0, 0.1) is 0 Å². The molecule has 9 nitrogen and oxygen atoms in total. The first-order valence-corrected chi connectivity index (χ1v) is 9.70. The number of sulfonamides is 1. The minimum Gasteiger partial charge on any atom is -0.478 e. The first-order chi connectivity index (χ1) is 12.8. The molecule has 1 heterocycles. The molecule has 0 saturated heterocycles. The molecule has 1 aromatic heterocycles. The van der Waals surface area contributed by atoms with Crippen LogP contribution in [0.5, 0.6) is 11.8 Å². The molecule has 2 rings (SSSR count). The molecule has 2 aromatic rings. The third kappa shape index (κ3) is 5.56. The van der Waals surface area contributed by atoms with Crippen LogP contribution in [0.25, 0.3) is 0 Å². The highest BCUT2D eigenvalue weighted by Crippen LogP contribution is 2.31. The van der Waals surface area contributed by atoms with Crippen molar-refractivity contribution in [2.45, 2.75) is 11.0 Å². The quantitative estimate of drug-likeness (QED) is 0.610. The van der Waals surface area contributed by atoms with Crippen molar-refractivity contribution < 1.29 is 27.7 Å². The summed E-state index contributed by atoms with van der Waals surface area (Å²) in [5, 5.41) is 9.55. The van der Waals surface area contributed by atoms with Gasteiger partial charge >= 0.3 is 0 Å². The molecule has 0 spiro atoms. The van der Waals surface area contributed by atoms with Crippen LogP contribution < -0.4 is 14.2 Å². The summed E-state index contributed by atoms with van der Waals surface area (Å²) in [6.45, 7) is -0.00227. The fourth-order valence-corrected chi connectivity index (χ4v) is 3.70. The Morgan fingerprint density at radius 2 is 2.00 bits per heavy atom. The molecule has 0 fully saturated rings. The summed E-state index contributed by atoms with van der Waals surface area (Å²) in [5.41, 5.74) is 0. The third-order valence-electron chi connectivity index (χ3n) is 3.13. The van der Waals surface area contributed by atoms with Crippen molar-refractivity contribution in [3.63, 3.8) is 0 Å². The molecule has 1 atom stereocenters. The number of anilines is 1. The summed E-state index contributed by atoms with van der Waals surface area (Å²) in [6, 6.07) is 4.21. The zero-order valence-corrected chi connectivity index (χ0v) is 16.7. The lowest BCUT2D eigenvalue weighted by Crippen LogP contribution is -2.23. The highest BCUT2D eigenvalue weighted by atomic mass is 35.5. The summed E-state index contributed by atoms with van der Waals surface area (Å²) in [4.78, 5) is 7.72. The number of aliphatic hydroxyl groups excluding tert-OH is 1. The number of aliphatic hydroxyl groups is 1. The van der Waals surface area contributed by atoms with Gasteiger partial charge in [-0.1, -0.05) is 29.3 Å². The Balaban J connectivity index is 2.22. The van der Waals surface area contributed by atoms with Gasteiger partial charge in [0.05, 0.1) is 30.0 Å². The lowest BCUT2D eigenvalue weighted by Gasteiger charge is -2.14. The van der Waals surface area contributed by atoms with Gasteiger partial charge in [0.15, 0.2) is 0 Å². The Morgan fingerprint density at radius 1 is 1.26 bits per heavy atom. The van der Waals surface area contributed by atoms with E-state index >= 15 is 0 Å². The second-order valence-corrected chi connectivity index (χ2v) is 7.58. The topological polar surface area (TPSA) is 120 Å². The lowest BCUT2D eigenvalue weighted by molar-refractivity contribution is 0.0311. The van der Waals surface area contributed by atoms with Gasteiger partial charge in [0.25, 0.3) is 15.9 Å². The number of aromatic nitrogens is 2. The van der Waals surface area contributed by atoms with Gasteiger partial charge in [-0.15, -0.1) is 0 Å². The molecule has 0 amide bonds. The summed E-state index contributed by atoms with van der Waals surface area (Å²) >= 11 is 11.8. The predicted octanol–water partition coefficient (Wildman–Crippen LogP) is 1.98. The van der Waals surface area contributed by atoms with Gasteiger partial charge in [-0.05, 0) is 12.1 Å². The molecule has 0 saturated carbocycles. The van der Waals surface area contributed by atoms with Crippen LogP contribution in [0.15, 0.2) is 29.3 Å². The molecule has 2 N–H and O–H groups in total. The standard InChI is InChI=1S/C15H17Cl2N3O6S/c1-24-7-9(21)8-26-12-6-18-14(15(19-12)25-2)20-27(22,23)11-5-3-4-10(16)13(11)17/h3-6,9,21H,7-8H2,1-2H3,(H,18,20)/t9-/m0/s1. The first kappa shape index (κ1) is 21.5. The van der Waals surface area contributed by atoms with E-state index in [9.17, 15) is 13.5 Å². The van der Waals surface area contributed by atoms with Crippen LogP contribution in [0.4, 0.5) is 5.82 Å². The smallest absolute Gasteiger partial charge is 0.264 e. The summed E-state index contributed by atoms with van der Waals surface area (Å²) in [5.74, 6) is -0.264. The van der Waals surface area contributed by atoms with Gasteiger partial charge in [-0.25, -0.2) is 13.4 Å². The number of nitrogens with one attached hydrogen (secondary N) is 1. The normalized spacial score (nSPS) is 12.5. The van der Waals surface area contributed by atoms with E-state index in [1.165, 1.54) is 38.6 Å². The molecule has 12 heteroatoms. The molecule has 0 aliphatic rings. The van der Waals surface area contributed by atoms with Crippen LogP contribution in [0.1, 0.15) is 0 Å². The second kappa shape index (κ2) is 9.38. The minimum atomic E-state index is -4.09. The van der Waals surface area contributed by atoms with Crippen LogP contribution >= 0.6 is 23.2 Å². The van der Waals surface area contributed by atoms with Crippen LogP contribution in [0.2, 0.25) is 10.0 Å². The largest absolute Gasteiger partial charge is 0.478 e. The van der Waals surface area contributed by atoms with E-state index in [2.05, 4.69) is 14.7 Å². The number of ether oxygens (including phenoxy) is 3. The average molecular weight is 438 g/mol. The van der Waals surface area contributed by atoms with Crippen LogP contribution in [0.3, 0.4) is 0 Å². The summed E-state index contributed by atoms with van der Waals surface area (Å²) in [6.07, 6.45) is 0.324. The molecule has 27 heavy (non-hydrogen) atoms. The van der Waals surface area contributed by atoms with Gasteiger partial charge < -0.3 is 19.3 Å². The molecule has 0 radical (unpaired) electrons. The van der Waals surface area contributed by atoms with E-state index in [0.29, 0.717) is 0 Å². The van der Waals surface area contributed by atoms with Crippen molar-refractivity contribution in [3.05, 3.63) is 34.4 Å². The zero-order chi connectivity index (χ0) is 20.0. The van der Waals surface area contributed by atoms with Gasteiger partial charge in [-0.2, -0.15) is 4.98 Å². The molecular weight excluding hydrogens is 421 g/mol. The maximum atomic E-state index is 12.6. The number of methoxy groups -OCH3 is 2. The van der Waals surface area contributed by atoms with Crippen molar-refractivity contribution in [2.24, 2.45) is 0 Å². The van der Waals surface area contributed by atoms with E-state index in [1.54, 1.807) is 0 Å². The Kier molecular flexibility index (Phi) is 7.45. The first-order valence-electron chi connectivity index (χ1n) is 7.46. The molecule has 0 aliphatic heterocycles. The Morgan fingerprint density at radius 3 is 2.67 bits per heavy atom. The Hall–Kier alpha value is -1.85. The van der Waals surface area contributed by atoms with E-state index in [4.69, 9.17) is 37.4 Å². The van der Waals surface area contributed by atoms with Crippen molar-refractivity contribution in [1.82, 2.24) is 9.97 Å². The van der Waals surface area contributed by atoms with Crippen molar-refractivity contribution in [3.8, 4) is 11.8 Å². The number of halogens is 2. The van der Waals surface area contributed by atoms with Gasteiger partial charge in [0.1, 0.15) is 17.6 Å². The van der Waals surface area contributed by atoms with E-state index in [-0.39, 0.29) is 45.7 Å². The Labute approximate surface area is 166 Å². The van der Waals surface area contributed by atoms with Gasteiger partial charge in [-0.3, -0.25) is 4.72 Å². The second-order valence-electron chi connectivity index (χ2n) is 5.14. The number of hydrogen-bond donors (Lipinski definition) is 2. The number of rotatable bonds is 9. The fraction of sp³-hybridized carbons (Fsp3) is 0.333. The maximum Gasteiger partial charge on any atom is 0.264 e.